The molecule has 3 unspecified atom stereocenters. The minimum absolute atomic E-state index is 0.353. The van der Waals surface area contributed by atoms with Gasteiger partial charge in [0.25, 0.3) is 0 Å². The van der Waals surface area contributed by atoms with Gasteiger partial charge in [0.15, 0.2) is 0 Å². The van der Waals surface area contributed by atoms with Crippen molar-refractivity contribution in [3.8, 4) is 0 Å². The summed E-state index contributed by atoms with van der Waals surface area (Å²) in [5, 5.41) is 0. The molecule has 16 heavy (non-hydrogen) atoms. The SMILES string of the molecule is CC1CCCN1CC1CCCC(C)(C)C1N. The highest BCUT2D eigenvalue weighted by Gasteiger charge is 2.37. The minimum atomic E-state index is 0.353. The van der Waals surface area contributed by atoms with Crippen LogP contribution in [0.5, 0.6) is 0 Å². The third-order valence-corrected chi connectivity index (χ3v) is 4.97. The first kappa shape index (κ1) is 12.4. The molecule has 2 heteroatoms. The first-order valence-corrected chi connectivity index (χ1v) is 7.00. The van der Waals surface area contributed by atoms with Crippen molar-refractivity contribution >= 4 is 0 Å². The topological polar surface area (TPSA) is 29.3 Å². The van der Waals surface area contributed by atoms with Crippen LogP contribution in [0.2, 0.25) is 0 Å². The monoisotopic (exact) mass is 224 g/mol. The number of hydrogen-bond acceptors (Lipinski definition) is 2. The van der Waals surface area contributed by atoms with Crippen LogP contribution in [0, 0.1) is 11.3 Å². The Balaban J connectivity index is 1.93. The van der Waals surface area contributed by atoms with Gasteiger partial charge in [0.1, 0.15) is 0 Å². The molecule has 1 saturated carbocycles. The van der Waals surface area contributed by atoms with Gasteiger partial charge in [-0.15, -0.1) is 0 Å². The zero-order chi connectivity index (χ0) is 11.8. The van der Waals surface area contributed by atoms with Crippen molar-refractivity contribution in [2.24, 2.45) is 17.1 Å². The van der Waals surface area contributed by atoms with Gasteiger partial charge in [0.05, 0.1) is 0 Å². The highest BCUT2D eigenvalue weighted by Crippen LogP contribution is 2.38. The van der Waals surface area contributed by atoms with E-state index in [9.17, 15) is 0 Å². The summed E-state index contributed by atoms with van der Waals surface area (Å²) in [5.74, 6) is 0.726. The first-order valence-electron chi connectivity index (χ1n) is 7.00. The number of hydrogen-bond donors (Lipinski definition) is 1. The third kappa shape index (κ3) is 2.43. The van der Waals surface area contributed by atoms with Crippen molar-refractivity contribution in [1.29, 1.82) is 0 Å². The summed E-state index contributed by atoms with van der Waals surface area (Å²) >= 11 is 0. The van der Waals surface area contributed by atoms with Crippen LogP contribution in [0.15, 0.2) is 0 Å². The van der Waals surface area contributed by atoms with Gasteiger partial charge in [-0.25, -0.2) is 0 Å². The lowest BCUT2D eigenvalue weighted by atomic mass is 9.68. The quantitative estimate of drug-likeness (QED) is 0.781. The number of nitrogens with zero attached hydrogens (tertiary/aromatic N) is 1. The van der Waals surface area contributed by atoms with Crippen LogP contribution in [0.3, 0.4) is 0 Å². The molecule has 1 aliphatic heterocycles. The molecule has 2 N–H and O–H groups in total. The fourth-order valence-corrected chi connectivity index (χ4v) is 3.57. The summed E-state index contributed by atoms with van der Waals surface area (Å²) in [6.45, 7) is 9.59. The van der Waals surface area contributed by atoms with E-state index in [1.54, 1.807) is 0 Å². The Bertz CT molecular complexity index is 237. The van der Waals surface area contributed by atoms with Crippen molar-refractivity contribution in [3.05, 3.63) is 0 Å². The Kier molecular flexibility index (Phi) is 3.60. The van der Waals surface area contributed by atoms with Gasteiger partial charge in [-0.3, -0.25) is 0 Å². The molecule has 0 aromatic heterocycles. The van der Waals surface area contributed by atoms with E-state index < -0.39 is 0 Å². The van der Waals surface area contributed by atoms with E-state index in [0.29, 0.717) is 11.5 Å². The Morgan fingerprint density at radius 1 is 1.25 bits per heavy atom. The predicted molar refractivity (Wildman–Crippen MR) is 69.4 cm³/mol. The van der Waals surface area contributed by atoms with Crippen molar-refractivity contribution in [1.82, 2.24) is 4.90 Å². The minimum Gasteiger partial charge on any atom is -0.327 e. The van der Waals surface area contributed by atoms with Gasteiger partial charge >= 0.3 is 0 Å². The molecule has 0 amide bonds. The third-order valence-electron chi connectivity index (χ3n) is 4.97. The number of likely N-dealkylation sites (tertiary alicyclic amines) is 1. The molecule has 0 spiro atoms. The second-order valence-electron chi connectivity index (χ2n) is 6.65. The molecule has 2 rings (SSSR count). The van der Waals surface area contributed by atoms with Crippen LogP contribution in [0.4, 0.5) is 0 Å². The van der Waals surface area contributed by atoms with Crippen LogP contribution in [0.1, 0.15) is 52.9 Å². The van der Waals surface area contributed by atoms with Crippen molar-refractivity contribution in [2.45, 2.75) is 65.0 Å². The second-order valence-corrected chi connectivity index (χ2v) is 6.65. The summed E-state index contributed by atoms with van der Waals surface area (Å²) in [6.07, 6.45) is 6.78. The maximum atomic E-state index is 6.45. The van der Waals surface area contributed by atoms with Gasteiger partial charge < -0.3 is 10.6 Å². The Morgan fingerprint density at radius 2 is 2.00 bits per heavy atom. The largest absolute Gasteiger partial charge is 0.327 e. The molecule has 0 aromatic rings. The molecule has 3 atom stereocenters. The van der Waals surface area contributed by atoms with Crippen LogP contribution in [0.25, 0.3) is 0 Å². The van der Waals surface area contributed by atoms with Crippen LogP contribution in [-0.2, 0) is 0 Å². The number of rotatable bonds is 2. The van der Waals surface area contributed by atoms with Crippen molar-refractivity contribution in [3.63, 3.8) is 0 Å². The van der Waals surface area contributed by atoms with E-state index in [1.807, 2.05) is 0 Å². The van der Waals surface area contributed by atoms with Crippen molar-refractivity contribution in [2.75, 3.05) is 13.1 Å². The van der Waals surface area contributed by atoms with E-state index >= 15 is 0 Å². The fourth-order valence-electron chi connectivity index (χ4n) is 3.57. The summed E-state index contributed by atoms with van der Waals surface area (Å²) in [4.78, 5) is 2.66. The molecule has 0 radical (unpaired) electrons. The Hall–Kier alpha value is -0.0800. The maximum absolute atomic E-state index is 6.45. The molecular weight excluding hydrogens is 196 g/mol. The highest BCUT2D eigenvalue weighted by molar-refractivity contribution is 4.93. The first-order chi connectivity index (χ1) is 7.50. The Morgan fingerprint density at radius 3 is 2.62 bits per heavy atom. The van der Waals surface area contributed by atoms with E-state index in [0.717, 1.165) is 12.0 Å². The van der Waals surface area contributed by atoms with E-state index in [-0.39, 0.29) is 0 Å². The smallest absolute Gasteiger partial charge is 0.0131 e. The summed E-state index contributed by atoms with van der Waals surface area (Å²) < 4.78 is 0. The van der Waals surface area contributed by atoms with E-state index in [2.05, 4.69) is 25.7 Å². The molecule has 1 saturated heterocycles. The second kappa shape index (κ2) is 4.66. The standard InChI is InChI=1S/C14H28N2/c1-11-6-5-9-16(11)10-12-7-4-8-14(2,3)13(12)15/h11-13H,4-10,15H2,1-3H3. The molecule has 0 aromatic carbocycles. The average molecular weight is 224 g/mol. The molecule has 94 valence electrons. The summed E-state index contributed by atoms with van der Waals surface area (Å²) in [7, 11) is 0. The summed E-state index contributed by atoms with van der Waals surface area (Å²) in [6, 6.07) is 1.19. The molecular formula is C14H28N2. The normalized spacial score (nSPS) is 40.1. The van der Waals surface area contributed by atoms with Crippen LogP contribution in [-0.4, -0.2) is 30.1 Å². The molecule has 2 nitrogen and oxygen atoms in total. The zero-order valence-corrected chi connectivity index (χ0v) is 11.2. The van der Waals surface area contributed by atoms with E-state index in [4.69, 9.17) is 5.73 Å². The van der Waals surface area contributed by atoms with E-state index in [1.165, 1.54) is 45.2 Å². The molecule has 1 heterocycles. The summed E-state index contributed by atoms with van der Waals surface area (Å²) in [5.41, 5.74) is 6.81. The zero-order valence-electron chi connectivity index (χ0n) is 11.2. The van der Waals surface area contributed by atoms with Gasteiger partial charge in [-0.2, -0.15) is 0 Å². The van der Waals surface area contributed by atoms with Crippen LogP contribution >= 0.6 is 0 Å². The molecule has 2 aliphatic rings. The van der Waals surface area contributed by atoms with Crippen LogP contribution < -0.4 is 5.73 Å². The van der Waals surface area contributed by atoms with Gasteiger partial charge in [0, 0.05) is 18.6 Å². The van der Waals surface area contributed by atoms with Crippen molar-refractivity contribution < 1.29 is 0 Å². The molecule has 0 bridgehead atoms. The maximum Gasteiger partial charge on any atom is 0.0131 e. The lowest BCUT2D eigenvalue weighted by molar-refractivity contribution is 0.0999. The lowest BCUT2D eigenvalue weighted by Crippen LogP contribution is -2.50. The molecule has 1 aliphatic carbocycles. The van der Waals surface area contributed by atoms with Gasteiger partial charge in [0.2, 0.25) is 0 Å². The average Bonchev–Trinajstić information content (AvgIpc) is 2.60. The van der Waals surface area contributed by atoms with Gasteiger partial charge in [-0.1, -0.05) is 20.3 Å². The predicted octanol–water partition coefficient (Wildman–Crippen LogP) is 2.62. The molecule has 2 fully saturated rings. The lowest BCUT2D eigenvalue weighted by Gasteiger charge is -2.43. The number of nitrogens with two attached hydrogens (primary N) is 1. The fraction of sp³-hybridized carbons (Fsp3) is 1.00. The van der Waals surface area contributed by atoms with Gasteiger partial charge in [-0.05, 0) is 50.5 Å². The Labute approximate surface area is 101 Å². The highest BCUT2D eigenvalue weighted by atomic mass is 15.2.